The smallest absolute Gasteiger partial charge is 0.264 e. The number of nitrogens with one attached hydrogen (secondary N) is 2. The minimum absolute atomic E-state index is 0.0905. The van der Waals surface area contributed by atoms with Crippen molar-refractivity contribution in [3.8, 4) is 17.2 Å². The number of hydrogen-bond acceptors (Lipinski definition) is 9. The van der Waals surface area contributed by atoms with Gasteiger partial charge in [-0.15, -0.1) is 10.2 Å². The molecule has 0 aliphatic rings. The monoisotopic (exact) mass is 503 g/mol. The van der Waals surface area contributed by atoms with E-state index in [0.717, 1.165) is 23.1 Å². The van der Waals surface area contributed by atoms with E-state index in [-0.39, 0.29) is 17.6 Å². The summed E-state index contributed by atoms with van der Waals surface area (Å²) in [6, 6.07) is 24.3. The summed E-state index contributed by atoms with van der Waals surface area (Å²) in [6.07, 6.45) is 1.61. The molecule has 0 bridgehead atoms. The van der Waals surface area contributed by atoms with Gasteiger partial charge in [-0.25, -0.2) is 10.1 Å². The van der Waals surface area contributed by atoms with Crippen LogP contribution in [0.2, 0.25) is 0 Å². The number of amides is 1. The van der Waals surface area contributed by atoms with Crippen LogP contribution in [0.5, 0.6) is 17.2 Å². The van der Waals surface area contributed by atoms with E-state index in [1.165, 1.54) is 4.68 Å². The number of nitrogens with two attached hydrogens (primary N) is 1. The van der Waals surface area contributed by atoms with Crippen molar-refractivity contribution < 1.29 is 14.3 Å². The molecule has 0 saturated carbocycles. The van der Waals surface area contributed by atoms with Gasteiger partial charge in [0, 0.05) is 0 Å². The molecule has 1 heterocycles. The normalized spacial score (nSPS) is 10.8. The van der Waals surface area contributed by atoms with Crippen molar-refractivity contribution in [3.63, 3.8) is 0 Å². The van der Waals surface area contributed by atoms with Crippen molar-refractivity contribution in [1.29, 1.82) is 0 Å². The van der Waals surface area contributed by atoms with Gasteiger partial charge in [-0.3, -0.25) is 4.79 Å². The first-order chi connectivity index (χ1) is 17.6. The molecule has 1 amide bonds. The van der Waals surface area contributed by atoms with E-state index < -0.39 is 0 Å². The fourth-order valence-corrected chi connectivity index (χ4v) is 3.72. The number of rotatable bonds is 11. The molecule has 0 unspecified atom stereocenters. The molecule has 0 fully saturated rings. The molecule has 4 N–H and O–H groups in total. The number of aromatic nitrogens is 3. The molecule has 184 valence electrons. The second kappa shape index (κ2) is 12.3. The lowest BCUT2D eigenvalue weighted by Crippen LogP contribution is -2.17. The number of thioether (sulfide) groups is 1. The van der Waals surface area contributed by atoms with Gasteiger partial charge in [-0.2, -0.15) is 5.10 Å². The number of carbonyl (C=O) groups excluding carboxylic acids is 1. The van der Waals surface area contributed by atoms with Gasteiger partial charge in [0.2, 0.25) is 11.1 Å². The maximum atomic E-state index is 12.4. The lowest BCUT2D eigenvalue weighted by molar-refractivity contribution is -0.113. The minimum Gasteiger partial charge on any atom is -0.492 e. The SMILES string of the molecule is CCOc1ccccc1NC(=O)CSc1nnc(N/N=C/c2cccc(Oc3ccccc3)c2)n1N. The Kier molecular flexibility index (Phi) is 8.39. The topological polar surface area (TPSA) is 129 Å². The molecule has 0 aliphatic carbocycles. The van der Waals surface area contributed by atoms with E-state index in [4.69, 9.17) is 15.3 Å². The Morgan fingerprint density at radius 1 is 1.06 bits per heavy atom. The molecule has 0 radical (unpaired) electrons. The van der Waals surface area contributed by atoms with Crippen molar-refractivity contribution in [1.82, 2.24) is 14.9 Å². The number of para-hydroxylation sites is 3. The van der Waals surface area contributed by atoms with Crippen LogP contribution in [0.25, 0.3) is 0 Å². The molecule has 4 aromatic rings. The molecule has 1 aromatic heterocycles. The van der Waals surface area contributed by atoms with Crippen LogP contribution in [-0.2, 0) is 4.79 Å². The number of hydrazone groups is 1. The first kappa shape index (κ1) is 24.6. The van der Waals surface area contributed by atoms with Gasteiger partial charge in [0.25, 0.3) is 5.95 Å². The van der Waals surface area contributed by atoms with Crippen LogP contribution in [0.1, 0.15) is 12.5 Å². The molecule has 10 nitrogen and oxygen atoms in total. The summed E-state index contributed by atoms with van der Waals surface area (Å²) < 4.78 is 12.6. The second-order valence-corrected chi connectivity index (χ2v) is 8.24. The summed E-state index contributed by atoms with van der Waals surface area (Å²) in [7, 11) is 0. The molecule has 36 heavy (non-hydrogen) atoms. The van der Waals surface area contributed by atoms with Crippen molar-refractivity contribution in [2.24, 2.45) is 5.10 Å². The summed E-state index contributed by atoms with van der Waals surface area (Å²) in [6.45, 7) is 2.39. The average molecular weight is 504 g/mol. The van der Waals surface area contributed by atoms with Crippen molar-refractivity contribution in [3.05, 3.63) is 84.4 Å². The quantitative estimate of drug-likeness (QED) is 0.119. The Morgan fingerprint density at radius 2 is 1.83 bits per heavy atom. The second-order valence-electron chi connectivity index (χ2n) is 7.30. The highest BCUT2D eigenvalue weighted by Gasteiger charge is 2.13. The van der Waals surface area contributed by atoms with Crippen molar-refractivity contribution in [2.45, 2.75) is 12.1 Å². The van der Waals surface area contributed by atoms with E-state index in [1.807, 2.05) is 73.7 Å². The average Bonchev–Trinajstić information content (AvgIpc) is 3.24. The Labute approximate surface area is 212 Å². The molecule has 0 spiro atoms. The van der Waals surface area contributed by atoms with E-state index in [2.05, 4.69) is 26.0 Å². The summed E-state index contributed by atoms with van der Waals surface area (Å²) >= 11 is 1.15. The fourth-order valence-electron chi connectivity index (χ4n) is 3.07. The molecule has 11 heteroatoms. The Balaban J connectivity index is 1.30. The zero-order valence-corrected chi connectivity index (χ0v) is 20.3. The number of ether oxygens (including phenoxy) is 2. The number of hydrogen-bond donors (Lipinski definition) is 3. The van der Waals surface area contributed by atoms with Gasteiger partial charge in [0.1, 0.15) is 17.2 Å². The van der Waals surface area contributed by atoms with Crippen molar-refractivity contribution in [2.75, 3.05) is 28.9 Å². The first-order valence-corrected chi connectivity index (χ1v) is 12.1. The first-order valence-electron chi connectivity index (χ1n) is 11.1. The van der Waals surface area contributed by atoms with E-state index in [9.17, 15) is 4.79 Å². The van der Waals surface area contributed by atoms with Crippen LogP contribution < -0.4 is 26.1 Å². The van der Waals surface area contributed by atoms with Gasteiger partial charge in [-0.05, 0) is 48.9 Å². The Hall–Kier alpha value is -4.51. The van der Waals surface area contributed by atoms with Crippen LogP contribution in [0.15, 0.2) is 89.1 Å². The number of benzene rings is 3. The highest BCUT2D eigenvalue weighted by Crippen LogP contribution is 2.25. The minimum atomic E-state index is -0.222. The van der Waals surface area contributed by atoms with Gasteiger partial charge in [-0.1, -0.05) is 54.2 Å². The number of nitrogen functional groups attached to an aromatic ring is 1. The highest BCUT2D eigenvalue weighted by atomic mass is 32.2. The van der Waals surface area contributed by atoms with Crippen molar-refractivity contribution >= 4 is 35.5 Å². The van der Waals surface area contributed by atoms with Crippen LogP contribution in [0.3, 0.4) is 0 Å². The van der Waals surface area contributed by atoms with Crippen LogP contribution >= 0.6 is 11.8 Å². The summed E-state index contributed by atoms with van der Waals surface area (Å²) in [4.78, 5) is 12.4. The van der Waals surface area contributed by atoms with E-state index >= 15 is 0 Å². The predicted molar refractivity (Wildman–Crippen MR) is 141 cm³/mol. The largest absolute Gasteiger partial charge is 0.492 e. The van der Waals surface area contributed by atoms with E-state index in [1.54, 1.807) is 18.3 Å². The Bertz CT molecular complexity index is 1330. The van der Waals surface area contributed by atoms with Crippen LogP contribution in [0.4, 0.5) is 11.6 Å². The lowest BCUT2D eigenvalue weighted by atomic mass is 10.2. The number of nitrogens with zero attached hydrogens (tertiary/aromatic N) is 4. The number of carbonyl (C=O) groups is 1. The van der Waals surface area contributed by atoms with Crippen LogP contribution in [-0.4, -0.2) is 39.4 Å². The lowest BCUT2D eigenvalue weighted by Gasteiger charge is -2.10. The van der Waals surface area contributed by atoms with Gasteiger partial charge in [0.05, 0.1) is 24.3 Å². The third-order valence-electron chi connectivity index (χ3n) is 4.67. The fraction of sp³-hybridized carbons (Fsp3) is 0.120. The van der Waals surface area contributed by atoms with Gasteiger partial charge in [0.15, 0.2) is 0 Å². The third kappa shape index (κ3) is 6.76. The maximum Gasteiger partial charge on any atom is 0.264 e. The summed E-state index contributed by atoms with van der Waals surface area (Å²) in [5.74, 6) is 8.20. The van der Waals surface area contributed by atoms with Gasteiger partial charge >= 0.3 is 0 Å². The molecule has 0 atom stereocenters. The molecule has 4 rings (SSSR count). The number of anilines is 2. The molecule has 0 aliphatic heterocycles. The van der Waals surface area contributed by atoms with Gasteiger partial charge < -0.3 is 20.6 Å². The third-order valence-corrected chi connectivity index (χ3v) is 5.62. The molecule has 0 saturated heterocycles. The Morgan fingerprint density at radius 3 is 2.67 bits per heavy atom. The van der Waals surface area contributed by atoms with Crippen LogP contribution in [0, 0.1) is 0 Å². The maximum absolute atomic E-state index is 12.4. The zero-order chi connectivity index (χ0) is 25.2. The standard InChI is InChI=1S/C25H25N7O3S/c1-2-34-22-14-7-6-13-21(22)28-23(33)17-36-25-31-30-24(32(25)26)29-27-16-18-9-8-12-20(15-18)35-19-10-4-3-5-11-19/h3-16H,2,17,26H2,1H3,(H,28,33)(H,29,30)/b27-16+. The summed E-state index contributed by atoms with van der Waals surface area (Å²) in [5.41, 5.74) is 4.19. The highest BCUT2D eigenvalue weighted by molar-refractivity contribution is 7.99. The summed E-state index contributed by atoms with van der Waals surface area (Å²) in [5, 5.41) is 15.4. The molecular weight excluding hydrogens is 478 g/mol. The molecule has 3 aromatic carbocycles. The molecular formula is C25H25N7O3S. The van der Waals surface area contributed by atoms with E-state index in [0.29, 0.717) is 28.9 Å². The predicted octanol–water partition coefficient (Wildman–Crippen LogP) is 4.36. The zero-order valence-electron chi connectivity index (χ0n) is 19.5.